The van der Waals surface area contributed by atoms with Crippen LogP contribution in [0.15, 0.2) is 30.3 Å². The summed E-state index contributed by atoms with van der Waals surface area (Å²) in [5.41, 5.74) is 10.2. The number of nitrogens with two attached hydrogens (primary N) is 1. The van der Waals surface area contributed by atoms with Crippen molar-refractivity contribution in [2.75, 3.05) is 32.0 Å². The normalized spacial score (nSPS) is 20.1. The van der Waals surface area contributed by atoms with E-state index in [0.29, 0.717) is 35.6 Å². The van der Waals surface area contributed by atoms with Crippen LogP contribution in [-0.4, -0.2) is 42.2 Å². The third-order valence-corrected chi connectivity index (χ3v) is 7.71. The third-order valence-electron chi connectivity index (χ3n) is 7.71. The van der Waals surface area contributed by atoms with Crippen molar-refractivity contribution in [3.05, 3.63) is 64.4 Å². The Labute approximate surface area is 213 Å². The second-order valence-corrected chi connectivity index (χ2v) is 9.97. The highest BCUT2D eigenvalue weighted by molar-refractivity contribution is 5.97. The molecule has 0 bridgehead atoms. The predicted molar refractivity (Wildman–Crippen MR) is 136 cm³/mol. The summed E-state index contributed by atoms with van der Waals surface area (Å²) in [5, 5.41) is 6.28. The van der Waals surface area contributed by atoms with Gasteiger partial charge in [0.2, 0.25) is 5.95 Å². The van der Waals surface area contributed by atoms with Gasteiger partial charge in [-0.15, -0.1) is 0 Å². The molecule has 3 aromatic rings. The first-order valence-electron chi connectivity index (χ1n) is 12.9. The molecule has 0 saturated carbocycles. The average Bonchev–Trinajstić information content (AvgIpc) is 3.45. The van der Waals surface area contributed by atoms with Gasteiger partial charge in [0.15, 0.2) is 5.82 Å². The van der Waals surface area contributed by atoms with Gasteiger partial charge in [-0.25, -0.2) is 9.37 Å². The van der Waals surface area contributed by atoms with Gasteiger partial charge in [0.25, 0.3) is 5.91 Å². The lowest BCUT2D eigenvalue weighted by Gasteiger charge is -2.27. The molecule has 2 fully saturated rings. The number of halogens is 2. The number of rotatable bonds is 4. The molecule has 0 spiro atoms. The van der Waals surface area contributed by atoms with Crippen molar-refractivity contribution in [1.82, 2.24) is 20.6 Å². The Morgan fingerprint density at radius 1 is 0.946 bits per heavy atom. The lowest BCUT2D eigenvalue weighted by atomic mass is 9.84. The maximum absolute atomic E-state index is 15.2. The lowest BCUT2D eigenvalue weighted by Crippen LogP contribution is -2.32. The van der Waals surface area contributed by atoms with Crippen LogP contribution in [0.2, 0.25) is 0 Å². The van der Waals surface area contributed by atoms with Crippen LogP contribution in [0.4, 0.5) is 14.6 Å². The fourth-order valence-electron chi connectivity index (χ4n) is 5.79. The highest BCUT2D eigenvalue weighted by Gasteiger charge is 2.27. The minimum absolute atomic E-state index is 0.0249. The van der Waals surface area contributed by atoms with Gasteiger partial charge < -0.3 is 21.1 Å². The van der Waals surface area contributed by atoms with Crippen LogP contribution in [0.1, 0.15) is 64.7 Å². The molecule has 4 N–H and O–H groups in total. The maximum atomic E-state index is 15.2. The van der Waals surface area contributed by atoms with E-state index in [4.69, 9.17) is 10.5 Å². The van der Waals surface area contributed by atoms with Crippen molar-refractivity contribution >= 4 is 11.7 Å². The summed E-state index contributed by atoms with van der Waals surface area (Å²) in [6.07, 6.45) is 4.55. The molecule has 6 rings (SSSR count). The number of aromatic nitrogens is 2. The van der Waals surface area contributed by atoms with E-state index in [0.717, 1.165) is 51.0 Å². The number of hydrogen-bond donors (Lipinski definition) is 3. The molecule has 1 unspecified atom stereocenters. The Morgan fingerprint density at radius 2 is 1.78 bits per heavy atom. The van der Waals surface area contributed by atoms with E-state index in [1.165, 1.54) is 11.6 Å². The van der Waals surface area contributed by atoms with Crippen molar-refractivity contribution < 1.29 is 18.3 Å². The summed E-state index contributed by atoms with van der Waals surface area (Å²) < 4.78 is 35.9. The van der Waals surface area contributed by atoms with E-state index >= 15 is 8.78 Å². The predicted octanol–water partition coefficient (Wildman–Crippen LogP) is 4.28. The van der Waals surface area contributed by atoms with E-state index in [1.807, 2.05) is 12.1 Å². The standard InChI is InChI=1S/C28H29F2N5O2/c29-22-14-19-16(5-9-33-28(19)36)12-21(22)25-27(31)35-26(30)24(34-25)17-3-4-18(15-6-10-37-11-7-15)20(13-17)23-2-1-8-32-23/h3-4,12-15,23,32H,1-2,5-11H2,(H2,31,35)(H,33,36). The molecule has 3 aliphatic heterocycles. The van der Waals surface area contributed by atoms with Gasteiger partial charge in [-0.1, -0.05) is 12.1 Å². The molecule has 2 saturated heterocycles. The molecule has 37 heavy (non-hydrogen) atoms. The number of ether oxygens (including phenoxy) is 1. The molecule has 1 aromatic heterocycles. The summed E-state index contributed by atoms with van der Waals surface area (Å²) in [6.45, 7) is 2.88. The highest BCUT2D eigenvalue weighted by Crippen LogP contribution is 2.38. The van der Waals surface area contributed by atoms with Crippen molar-refractivity contribution in [3.8, 4) is 22.5 Å². The molecule has 9 heteroatoms. The second kappa shape index (κ2) is 9.79. The molecule has 4 heterocycles. The minimum atomic E-state index is -0.803. The summed E-state index contributed by atoms with van der Waals surface area (Å²) in [7, 11) is 0. The van der Waals surface area contributed by atoms with E-state index in [-0.39, 0.29) is 34.7 Å². The number of carbonyl (C=O) groups is 1. The Bertz CT molecular complexity index is 1370. The third kappa shape index (κ3) is 4.46. The summed E-state index contributed by atoms with van der Waals surface area (Å²) in [4.78, 5) is 20.5. The number of nitrogens with zero attached hydrogens (tertiary/aromatic N) is 2. The van der Waals surface area contributed by atoms with E-state index in [1.54, 1.807) is 6.07 Å². The summed E-state index contributed by atoms with van der Waals surface area (Å²) in [6, 6.07) is 8.88. The van der Waals surface area contributed by atoms with Crippen molar-refractivity contribution in [3.63, 3.8) is 0 Å². The van der Waals surface area contributed by atoms with Gasteiger partial charge in [-0.3, -0.25) is 4.79 Å². The van der Waals surface area contributed by atoms with Gasteiger partial charge in [0, 0.05) is 42.5 Å². The molecule has 192 valence electrons. The zero-order valence-electron chi connectivity index (χ0n) is 20.4. The number of nitrogens with one attached hydrogen (secondary N) is 2. The van der Waals surface area contributed by atoms with Crippen LogP contribution >= 0.6 is 0 Å². The first-order valence-corrected chi connectivity index (χ1v) is 12.9. The largest absolute Gasteiger partial charge is 0.382 e. The van der Waals surface area contributed by atoms with Gasteiger partial charge >= 0.3 is 0 Å². The fourth-order valence-corrected chi connectivity index (χ4v) is 5.79. The number of nitrogen functional groups attached to an aromatic ring is 1. The van der Waals surface area contributed by atoms with Crippen molar-refractivity contribution in [2.45, 2.75) is 44.1 Å². The lowest BCUT2D eigenvalue weighted by molar-refractivity contribution is 0.0850. The van der Waals surface area contributed by atoms with Gasteiger partial charge in [0.1, 0.15) is 17.2 Å². The van der Waals surface area contributed by atoms with Crippen LogP contribution in [0.3, 0.4) is 0 Å². The van der Waals surface area contributed by atoms with Gasteiger partial charge in [-0.05, 0) is 79.5 Å². The molecule has 0 aliphatic carbocycles. The monoisotopic (exact) mass is 505 g/mol. The van der Waals surface area contributed by atoms with Crippen LogP contribution in [-0.2, 0) is 11.2 Å². The molecule has 0 radical (unpaired) electrons. The number of benzene rings is 2. The molecule has 2 aromatic carbocycles. The van der Waals surface area contributed by atoms with Crippen LogP contribution in [0.5, 0.6) is 0 Å². The number of amides is 1. The molecule has 7 nitrogen and oxygen atoms in total. The van der Waals surface area contributed by atoms with E-state index in [9.17, 15) is 4.79 Å². The van der Waals surface area contributed by atoms with Gasteiger partial charge in [-0.2, -0.15) is 9.37 Å². The molecule has 3 aliphatic rings. The van der Waals surface area contributed by atoms with E-state index < -0.39 is 11.8 Å². The van der Waals surface area contributed by atoms with Gasteiger partial charge in [0.05, 0.1) is 0 Å². The topological polar surface area (TPSA) is 102 Å². The second-order valence-electron chi connectivity index (χ2n) is 9.97. The number of fused-ring (bicyclic) bond motifs is 1. The molecular formula is C28H29F2N5O2. The van der Waals surface area contributed by atoms with Crippen molar-refractivity contribution in [1.29, 1.82) is 0 Å². The van der Waals surface area contributed by atoms with Crippen LogP contribution in [0, 0.1) is 11.8 Å². The number of carbonyl (C=O) groups excluding carboxylic acids is 1. The molecular weight excluding hydrogens is 476 g/mol. The quantitative estimate of drug-likeness (QED) is 0.489. The number of anilines is 1. The summed E-state index contributed by atoms with van der Waals surface area (Å²) in [5.74, 6) is -1.58. The van der Waals surface area contributed by atoms with Crippen LogP contribution in [0.25, 0.3) is 22.5 Å². The average molecular weight is 506 g/mol. The Hall–Kier alpha value is -3.43. The number of hydrogen-bond acceptors (Lipinski definition) is 6. The minimum Gasteiger partial charge on any atom is -0.382 e. The maximum Gasteiger partial charge on any atom is 0.251 e. The Morgan fingerprint density at radius 3 is 2.57 bits per heavy atom. The first-order chi connectivity index (χ1) is 18.0. The van der Waals surface area contributed by atoms with Crippen molar-refractivity contribution in [2.24, 2.45) is 0 Å². The fraction of sp³-hybridized carbons (Fsp3) is 0.393. The SMILES string of the molecule is Nc1nc(F)c(-c2ccc(C3CCOCC3)c(C3CCCN3)c2)nc1-c1cc2c(cc1F)C(=O)NCC2. The highest BCUT2D eigenvalue weighted by atomic mass is 19.1. The Kier molecular flexibility index (Phi) is 6.34. The summed E-state index contributed by atoms with van der Waals surface area (Å²) >= 11 is 0. The van der Waals surface area contributed by atoms with E-state index in [2.05, 4.69) is 26.7 Å². The zero-order valence-corrected chi connectivity index (χ0v) is 20.4. The Balaban J connectivity index is 1.44. The molecule has 1 atom stereocenters. The smallest absolute Gasteiger partial charge is 0.251 e. The van der Waals surface area contributed by atoms with Crippen LogP contribution < -0.4 is 16.4 Å². The zero-order chi connectivity index (χ0) is 25.5. The molecule has 1 amide bonds. The first kappa shape index (κ1) is 23.9.